The predicted molar refractivity (Wildman–Crippen MR) is 259 cm³/mol. The van der Waals surface area contributed by atoms with Crippen molar-refractivity contribution in [3.63, 3.8) is 0 Å². The van der Waals surface area contributed by atoms with Gasteiger partial charge in [-0.05, 0) is 123 Å². The van der Waals surface area contributed by atoms with Crippen molar-refractivity contribution in [2.24, 2.45) is 5.41 Å². The van der Waals surface area contributed by atoms with Crippen LogP contribution < -0.4 is 19.9 Å². The first-order valence-electron chi connectivity index (χ1n) is 24.9. The number of hydrogen-bond donors (Lipinski definition) is 3. The van der Waals surface area contributed by atoms with E-state index in [9.17, 15) is 24.6 Å². The fourth-order valence-electron chi connectivity index (χ4n) is 11.6. The van der Waals surface area contributed by atoms with Crippen molar-refractivity contribution in [3.8, 4) is 23.0 Å². The maximum Gasteiger partial charge on any atom is 0.319 e. The molecule has 1 unspecified atom stereocenters. The summed E-state index contributed by atoms with van der Waals surface area (Å²) in [5.74, 6) is -0.943. The van der Waals surface area contributed by atoms with E-state index in [-0.39, 0.29) is 58.8 Å². The second-order valence-electron chi connectivity index (χ2n) is 20.7. The molecule has 16 heteroatoms. The Morgan fingerprint density at radius 3 is 2.42 bits per heavy atom. The molecule has 5 aliphatic heterocycles. The summed E-state index contributed by atoms with van der Waals surface area (Å²) in [6, 6.07) is 14.6. The van der Waals surface area contributed by atoms with Crippen molar-refractivity contribution in [2.75, 3.05) is 62.2 Å². The summed E-state index contributed by atoms with van der Waals surface area (Å²) < 4.78 is 30.3. The van der Waals surface area contributed by atoms with Gasteiger partial charge in [0.05, 0.1) is 29.8 Å². The number of piperidine rings is 4. The first kappa shape index (κ1) is 45.5. The van der Waals surface area contributed by atoms with Gasteiger partial charge in [-0.25, -0.2) is 4.39 Å². The number of carbonyl (C=O) groups is 3. The molecule has 0 radical (unpaired) electrons. The van der Waals surface area contributed by atoms with Crippen LogP contribution in [0.5, 0.6) is 11.8 Å². The molecule has 69 heavy (non-hydrogen) atoms. The number of β-amino-alcohol motifs (C(OH)–C–C–N with tert-alkyl or cyclic N) is 1. The van der Waals surface area contributed by atoms with E-state index in [1.165, 1.54) is 0 Å². The number of benzene rings is 3. The minimum Gasteiger partial charge on any atom is -0.508 e. The minimum absolute atomic E-state index is 0.0244. The molecule has 3 N–H and O–H groups in total. The molecule has 5 fully saturated rings. The number of aromatic nitrogens is 3. The number of ether oxygens (including phenoxy) is 2. The molecule has 4 saturated heterocycles. The summed E-state index contributed by atoms with van der Waals surface area (Å²) in [5.41, 5.74) is 3.33. The third-order valence-corrected chi connectivity index (χ3v) is 15.6. The molecular formula is C53H61FN8O7. The van der Waals surface area contributed by atoms with Gasteiger partial charge >= 0.3 is 6.01 Å². The standard InChI is InChI=1S/C53H61FN8O7/c1-3-32-6-4-7-33-25-36(63)26-40(44(32)33)46-45(54)47-41(27-55-46)48(61-19-5-16-52(2,67)29-61)58-51(57-47)68-31-53(17-18-53)30-59-20-12-37(13-21-59)69-38-14-22-60(23-15-38)35-8-9-39-34(24-35)28-62(50(39)66)42-10-11-43(64)56-49(42)65/h4,6-9,24-27,37-38,42,63,67H,3,5,10-23,28-31H2,1-2H3,(H,56,64,65)/t42?,52-/m1/s1. The van der Waals surface area contributed by atoms with E-state index in [0.29, 0.717) is 61.4 Å². The normalized spacial score (nSPS) is 23.5. The summed E-state index contributed by atoms with van der Waals surface area (Å²) in [5, 5.41) is 26.3. The number of carbonyl (C=O) groups excluding carboxylic acids is 3. The summed E-state index contributed by atoms with van der Waals surface area (Å²) in [6.07, 6.45) is 10.5. The topological polar surface area (TPSA) is 174 Å². The quantitative estimate of drug-likeness (QED) is 0.113. The number of fused-ring (bicyclic) bond motifs is 3. The third-order valence-electron chi connectivity index (χ3n) is 15.6. The molecule has 362 valence electrons. The lowest BCUT2D eigenvalue weighted by molar-refractivity contribution is -0.136. The Balaban J connectivity index is 0.717. The Hall–Kier alpha value is -5.97. The zero-order valence-corrected chi connectivity index (χ0v) is 39.5. The number of phenolic OH excluding ortho intramolecular Hbond substituents is 1. The molecule has 3 aromatic carbocycles. The minimum atomic E-state index is -0.936. The molecule has 0 bridgehead atoms. The number of likely N-dealkylation sites (tertiary alicyclic amines) is 1. The maximum atomic E-state index is 17.1. The maximum absolute atomic E-state index is 17.1. The van der Waals surface area contributed by atoms with E-state index in [4.69, 9.17) is 19.4 Å². The summed E-state index contributed by atoms with van der Waals surface area (Å²) >= 11 is 0. The van der Waals surface area contributed by atoms with Gasteiger partial charge in [-0.3, -0.25) is 24.7 Å². The van der Waals surface area contributed by atoms with Crippen LogP contribution >= 0.6 is 0 Å². The van der Waals surface area contributed by atoms with E-state index >= 15 is 4.39 Å². The highest BCUT2D eigenvalue weighted by Crippen LogP contribution is 2.47. The number of aromatic hydroxyl groups is 1. The Labute approximate surface area is 401 Å². The highest BCUT2D eigenvalue weighted by atomic mass is 19.1. The van der Waals surface area contributed by atoms with Gasteiger partial charge in [0.2, 0.25) is 11.8 Å². The number of nitrogens with one attached hydrogen (secondary N) is 1. The molecule has 2 aromatic heterocycles. The van der Waals surface area contributed by atoms with Crippen LogP contribution in [0.1, 0.15) is 99.5 Å². The van der Waals surface area contributed by atoms with Crippen LogP contribution in [0.3, 0.4) is 0 Å². The average molecular weight is 941 g/mol. The molecule has 7 heterocycles. The number of rotatable bonds is 12. The second kappa shape index (κ2) is 18.1. The number of phenols is 1. The monoisotopic (exact) mass is 940 g/mol. The molecule has 0 spiro atoms. The van der Waals surface area contributed by atoms with E-state index < -0.39 is 23.4 Å². The van der Waals surface area contributed by atoms with E-state index in [2.05, 4.69) is 33.1 Å². The number of aryl methyl sites for hydroxylation is 1. The van der Waals surface area contributed by atoms with E-state index in [1.54, 1.807) is 23.2 Å². The number of hydrogen-bond acceptors (Lipinski definition) is 13. The number of halogens is 1. The van der Waals surface area contributed by atoms with Crippen LogP contribution in [-0.4, -0.2) is 129 Å². The Bertz CT molecular complexity index is 2840. The van der Waals surface area contributed by atoms with E-state index in [1.807, 2.05) is 42.2 Å². The fraction of sp³-hybridized carbons (Fsp3) is 0.509. The molecule has 1 aliphatic carbocycles. The number of anilines is 2. The van der Waals surface area contributed by atoms with Gasteiger partial charge in [-0.2, -0.15) is 9.97 Å². The van der Waals surface area contributed by atoms with Crippen LogP contribution in [0.2, 0.25) is 0 Å². The lowest BCUT2D eigenvalue weighted by atomic mass is 9.94. The number of pyridine rings is 1. The SMILES string of the molecule is CCc1cccc2cc(O)cc(-c3ncc4c(N5CCC[C@@](C)(O)C5)nc(OCC5(CN6CCC(OC7CCN(c8ccc9c(c8)CN(C8CCC(=O)NC8=O)C9=O)CC7)CC6)CC5)nc4c3F)c12. The van der Waals surface area contributed by atoms with Crippen molar-refractivity contribution in [2.45, 2.75) is 115 Å². The summed E-state index contributed by atoms with van der Waals surface area (Å²) in [6.45, 7) is 10.1. The summed E-state index contributed by atoms with van der Waals surface area (Å²) in [7, 11) is 0. The van der Waals surface area contributed by atoms with Crippen molar-refractivity contribution in [1.82, 2.24) is 30.1 Å². The zero-order valence-electron chi connectivity index (χ0n) is 39.5. The van der Waals surface area contributed by atoms with Crippen LogP contribution in [0.15, 0.2) is 54.7 Å². The molecule has 6 aliphatic rings. The van der Waals surface area contributed by atoms with Gasteiger partial charge in [0, 0.05) is 87.2 Å². The van der Waals surface area contributed by atoms with Crippen molar-refractivity contribution in [1.29, 1.82) is 0 Å². The van der Waals surface area contributed by atoms with Crippen LogP contribution in [0.25, 0.3) is 32.9 Å². The Morgan fingerprint density at radius 1 is 0.899 bits per heavy atom. The highest BCUT2D eigenvalue weighted by Gasteiger charge is 2.46. The molecule has 1 saturated carbocycles. The van der Waals surface area contributed by atoms with Gasteiger partial charge < -0.3 is 39.3 Å². The Kier molecular flexibility index (Phi) is 11.9. The second-order valence-corrected chi connectivity index (χ2v) is 20.7. The van der Waals surface area contributed by atoms with Gasteiger partial charge in [0.15, 0.2) is 5.82 Å². The number of amides is 3. The van der Waals surface area contributed by atoms with Crippen LogP contribution in [-0.2, 0) is 27.3 Å². The average Bonchev–Trinajstić information content (AvgIpc) is 4.03. The first-order chi connectivity index (χ1) is 33.3. The van der Waals surface area contributed by atoms with Gasteiger partial charge in [-0.1, -0.05) is 25.1 Å². The number of imide groups is 1. The largest absolute Gasteiger partial charge is 0.508 e. The first-order valence-corrected chi connectivity index (χ1v) is 24.9. The van der Waals surface area contributed by atoms with E-state index in [0.717, 1.165) is 112 Å². The summed E-state index contributed by atoms with van der Waals surface area (Å²) in [4.78, 5) is 60.2. The zero-order chi connectivity index (χ0) is 47.6. The fourth-order valence-corrected chi connectivity index (χ4v) is 11.6. The number of aliphatic hydroxyl groups is 1. The lowest BCUT2D eigenvalue weighted by Gasteiger charge is -2.38. The predicted octanol–water partition coefficient (Wildman–Crippen LogP) is 6.67. The number of nitrogens with zero attached hydrogens (tertiary/aromatic N) is 7. The van der Waals surface area contributed by atoms with Gasteiger partial charge in [0.1, 0.15) is 28.8 Å². The molecule has 5 aromatic rings. The smallest absolute Gasteiger partial charge is 0.319 e. The molecule has 15 nitrogen and oxygen atoms in total. The lowest BCUT2D eigenvalue weighted by Crippen LogP contribution is -2.52. The van der Waals surface area contributed by atoms with Gasteiger partial charge in [0.25, 0.3) is 5.91 Å². The molecule has 11 rings (SSSR count). The van der Waals surface area contributed by atoms with Gasteiger partial charge in [-0.15, -0.1) is 0 Å². The van der Waals surface area contributed by atoms with Crippen molar-refractivity contribution < 1.29 is 38.5 Å². The molecule has 2 atom stereocenters. The van der Waals surface area contributed by atoms with Crippen LogP contribution in [0, 0.1) is 11.2 Å². The Morgan fingerprint density at radius 2 is 1.68 bits per heavy atom. The molecular weight excluding hydrogens is 880 g/mol. The third kappa shape index (κ3) is 9.07. The van der Waals surface area contributed by atoms with Crippen LogP contribution in [0.4, 0.5) is 15.9 Å². The highest BCUT2D eigenvalue weighted by molar-refractivity contribution is 6.06. The van der Waals surface area contributed by atoms with Crippen molar-refractivity contribution >= 4 is 50.9 Å². The molecule has 3 amide bonds. The van der Waals surface area contributed by atoms with Crippen molar-refractivity contribution in [3.05, 3.63) is 77.2 Å².